The van der Waals surface area contributed by atoms with E-state index >= 15 is 0 Å². The summed E-state index contributed by atoms with van der Waals surface area (Å²) in [6.45, 7) is 12.6. The van der Waals surface area contributed by atoms with Gasteiger partial charge in [-0.3, -0.25) is 19.3 Å². The second-order valence-electron chi connectivity index (χ2n) is 14.7. The molecule has 0 saturated carbocycles. The average Bonchev–Trinajstić information content (AvgIpc) is 3.20. The molecule has 2 heterocycles. The number of nitrogens with zero attached hydrogens (tertiary/aromatic N) is 5. The Labute approximate surface area is 325 Å². The van der Waals surface area contributed by atoms with Crippen LogP contribution < -0.4 is 4.90 Å². The van der Waals surface area contributed by atoms with Crippen molar-refractivity contribution in [2.45, 2.75) is 52.2 Å². The topological polar surface area (TPSA) is 67.4 Å². The molecule has 54 heavy (non-hydrogen) atoms. The molecule has 0 radical (unpaired) electrons. The van der Waals surface area contributed by atoms with Gasteiger partial charge < -0.3 is 19.6 Å². The van der Waals surface area contributed by atoms with Gasteiger partial charge in [0.15, 0.2) is 0 Å². The van der Waals surface area contributed by atoms with Gasteiger partial charge in [-0.05, 0) is 64.1 Å². The van der Waals surface area contributed by atoms with Crippen molar-refractivity contribution in [3.8, 4) is 0 Å². The van der Waals surface area contributed by atoms with Crippen molar-refractivity contribution in [2.24, 2.45) is 0 Å². The van der Waals surface area contributed by atoms with Gasteiger partial charge in [0.05, 0.1) is 0 Å². The zero-order chi connectivity index (χ0) is 38.0. The summed E-state index contributed by atoms with van der Waals surface area (Å²) in [6.07, 6.45) is 3.87. The van der Waals surface area contributed by atoms with E-state index in [1.165, 1.54) is 11.1 Å². The summed E-state index contributed by atoms with van der Waals surface area (Å²) in [7, 11) is 0. The maximum absolute atomic E-state index is 14.7. The molecule has 4 aromatic carbocycles. The molecule has 8 nitrogen and oxygen atoms in total. The third kappa shape index (κ3) is 10.4. The molecule has 0 bridgehead atoms. The minimum absolute atomic E-state index is 0.0343. The van der Waals surface area contributed by atoms with Crippen LogP contribution in [0.2, 0.25) is 5.02 Å². The summed E-state index contributed by atoms with van der Waals surface area (Å²) in [5, 5.41) is 0.719. The summed E-state index contributed by atoms with van der Waals surface area (Å²) in [6, 6.07) is 33.8. The number of carbonyl (C=O) groups excluding carboxylic acids is 3. The van der Waals surface area contributed by atoms with Gasteiger partial charge in [-0.15, -0.1) is 0 Å². The Morgan fingerprint density at radius 3 is 1.93 bits per heavy atom. The van der Waals surface area contributed by atoms with Crippen LogP contribution in [0.5, 0.6) is 0 Å². The maximum atomic E-state index is 14.7. The van der Waals surface area contributed by atoms with Crippen LogP contribution in [0.3, 0.4) is 0 Å². The number of carbonyl (C=O) groups is 3. The van der Waals surface area contributed by atoms with Gasteiger partial charge in [0.1, 0.15) is 6.04 Å². The Morgan fingerprint density at radius 2 is 1.31 bits per heavy atom. The van der Waals surface area contributed by atoms with E-state index in [9.17, 15) is 14.4 Å². The van der Waals surface area contributed by atoms with Crippen molar-refractivity contribution in [1.82, 2.24) is 19.6 Å². The van der Waals surface area contributed by atoms with Crippen LogP contribution in [0.15, 0.2) is 109 Å². The molecule has 9 heteroatoms. The molecular weight excluding hydrogens is 694 g/mol. The number of anilines is 1. The summed E-state index contributed by atoms with van der Waals surface area (Å²) >= 11 is 6.11. The molecule has 6 rings (SSSR count). The first kappa shape index (κ1) is 38.8. The van der Waals surface area contributed by atoms with E-state index in [4.69, 9.17) is 11.6 Å². The van der Waals surface area contributed by atoms with Crippen LogP contribution in [0.1, 0.15) is 54.5 Å². The highest BCUT2D eigenvalue weighted by atomic mass is 35.5. The lowest BCUT2D eigenvalue weighted by molar-refractivity contribution is -0.145. The minimum atomic E-state index is -0.699. The number of hydrogen-bond donors (Lipinski definition) is 0. The molecule has 0 spiro atoms. The first-order valence-corrected chi connectivity index (χ1v) is 19.5. The Balaban J connectivity index is 1.24. The fourth-order valence-corrected chi connectivity index (χ4v) is 7.36. The lowest BCUT2D eigenvalue weighted by Crippen LogP contribution is -2.56. The molecule has 3 amide bonds. The summed E-state index contributed by atoms with van der Waals surface area (Å²) in [5.74, 6) is 0.285. The molecule has 1 atom stereocenters. The maximum Gasteiger partial charge on any atom is 0.247 e. The van der Waals surface area contributed by atoms with Crippen molar-refractivity contribution in [3.63, 3.8) is 0 Å². The quantitative estimate of drug-likeness (QED) is 0.145. The normalized spacial score (nSPS) is 15.8. The van der Waals surface area contributed by atoms with Gasteiger partial charge in [0.2, 0.25) is 17.7 Å². The van der Waals surface area contributed by atoms with E-state index < -0.39 is 6.04 Å². The first-order chi connectivity index (χ1) is 26.1. The molecule has 2 saturated heterocycles. The Morgan fingerprint density at radius 1 is 0.704 bits per heavy atom. The standard InChI is InChI=1S/C45H52ClN5O3/c1-34(2)40-16-9-36(10-17-40)15-22-44(53)51(33-39-13-20-42(21-14-39)49-29-27-48(28-30-49)35(3)52)43(31-37-7-5-4-6-8-37)45(54)50-25-23-47(24-26-50)32-38-11-18-41(46)19-12-38/h4-22,34,43H,23-33H2,1-3H3/b22-15+/t43-/m0/s1. The highest BCUT2D eigenvalue weighted by Gasteiger charge is 2.34. The number of rotatable bonds is 12. The molecule has 2 fully saturated rings. The Bertz CT molecular complexity index is 1860. The molecule has 2 aliphatic rings. The molecule has 0 aliphatic carbocycles. The first-order valence-electron chi connectivity index (χ1n) is 19.1. The second-order valence-corrected chi connectivity index (χ2v) is 15.2. The largest absolute Gasteiger partial charge is 0.368 e. The van der Waals surface area contributed by atoms with E-state index in [1.807, 2.05) is 82.6 Å². The van der Waals surface area contributed by atoms with Crippen LogP contribution in [-0.4, -0.2) is 95.7 Å². The zero-order valence-electron chi connectivity index (χ0n) is 31.7. The minimum Gasteiger partial charge on any atom is -0.368 e. The van der Waals surface area contributed by atoms with Gasteiger partial charge in [0.25, 0.3) is 0 Å². The highest BCUT2D eigenvalue weighted by Crippen LogP contribution is 2.23. The molecule has 2 aliphatic heterocycles. The lowest BCUT2D eigenvalue weighted by atomic mass is 10.0. The van der Waals surface area contributed by atoms with E-state index in [1.54, 1.807) is 17.9 Å². The zero-order valence-corrected chi connectivity index (χ0v) is 32.5. The fourth-order valence-electron chi connectivity index (χ4n) is 7.24. The number of halogens is 1. The number of benzene rings is 4. The fraction of sp³-hybridized carbons (Fsp3) is 0.356. The predicted octanol–water partition coefficient (Wildman–Crippen LogP) is 7.13. The van der Waals surface area contributed by atoms with Crippen molar-refractivity contribution >= 4 is 41.1 Å². The van der Waals surface area contributed by atoms with E-state index in [0.717, 1.165) is 60.1 Å². The van der Waals surface area contributed by atoms with Gasteiger partial charge >= 0.3 is 0 Å². The van der Waals surface area contributed by atoms with E-state index in [-0.39, 0.29) is 24.3 Å². The van der Waals surface area contributed by atoms with Crippen molar-refractivity contribution < 1.29 is 14.4 Å². The third-order valence-electron chi connectivity index (χ3n) is 10.6. The van der Waals surface area contributed by atoms with Gasteiger partial charge in [-0.25, -0.2) is 0 Å². The van der Waals surface area contributed by atoms with Crippen LogP contribution in [0, 0.1) is 0 Å². The van der Waals surface area contributed by atoms with Crippen molar-refractivity contribution in [2.75, 3.05) is 57.3 Å². The van der Waals surface area contributed by atoms with E-state index in [0.29, 0.717) is 38.5 Å². The monoisotopic (exact) mass is 745 g/mol. The van der Waals surface area contributed by atoms with Gasteiger partial charge in [-0.1, -0.05) is 104 Å². The number of hydrogen-bond acceptors (Lipinski definition) is 5. The SMILES string of the molecule is CC(=O)N1CCN(c2ccc(CN(C(=O)/C=C/c3ccc(C(C)C)cc3)[C@@H](Cc3ccccc3)C(=O)N3CCN(Cc4ccc(Cl)cc4)CC3)cc2)CC1. The van der Waals surface area contributed by atoms with Crippen LogP contribution >= 0.6 is 11.6 Å². The third-order valence-corrected chi connectivity index (χ3v) is 10.9. The van der Waals surface area contributed by atoms with E-state index in [2.05, 4.69) is 60.0 Å². The second kappa shape index (κ2) is 18.4. The molecule has 4 aromatic rings. The summed E-state index contributed by atoms with van der Waals surface area (Å²) in [5.41, 5.74) is 6.40. The highest BCUT2D eigenvalue weighted by molar-refractivity contribution is 6.30. The molecule has 0 N–H and O–H groups in total. The van der Waals surface area contributed by atoms with Crippen molar-refractivity contribution in [3.05, 3.63) is 142 Å². The van der Waals surface area contributed by atoms with Gasteiger partial charge in [0, 0.05) is 95.6 Å². The van der Waals surface area contributed by atoms with Crippen LogP contribution in [-0.2, 0) is 33.9 Å². The number of amides is 3. The Hall–Kier alpha value is -4.92. The molecular formula is C45H52ClN5O3. The van der Waals surface area contributed by atoms with Crippen molar-refractivity contribution in [1.29, 1.82) is 0 Å². The smallest absolute Gasteiger partial charge is 0.247 e. The average molecular weight is 746 g/mol. The van der Waals surface area contributed by atoms with Gasteiger partial charge in [-0.2, -0.15) is 0 Å². The Kier molecular flexibility index (Phi) is 13.2. The summed E-state index contributed by atoms with van der Waals surface area (Å²) in [4.78, 5) is 51.2. The molecule has 282 valence electrons. The number of piperazine rings is 2. The summed E-state index contributed by atoms with van der Waals surface area (Å²) < 4.78 is 0. The lowest BCUT2D eigenvalue weighted by Gasteiger charge is -2.39. The van der Waals surface area contributed by atoms with Crippen LogP contribution in [0.25, 0.3) is 6.08 Å². The van der Waals surface area contributed by atoms with Crippen LogP contribution in [0.4, 0.5) is 5.69 Å². The predicted molar refractivity (Wildman–Crippen MR) is 218 cm³/mol. The molecule has 0 unspecified atom stereocenters. The molecule has 0 aromatic heterocycles.